The second-order valence-electron chi connectivity index (χ2n) is 11.1. The van der Waals surface area contributed by atoms with Crippen LogP contribution in [0.4, 0.5) is 5.69 Å². The summed E-state index contributed by atoms with van der Waals surface area (Å²) in [5.41, 5.74) is 7.34. The molecule has 1 aromatic heterocycles. The van der Waals surface area contributed by atoms with E-state index >= 15 is 0 Å². The molecule has 2 amide bonds. The Hall–Kier alpha value is -6.76. The molecular weight excluding hydrogens is 568 g/mol. The lowest BCUT2D eigenvalue weighted by molar-refractivity contribution is 0.0926. The van der Waals surface area contributed by atoms with Gasteiger partial charge in [0.25, 0.3) is 11.8 Å². The number of amides is 2. The van der Waals surface area contributed by atoms with Crippen molar-refractivity contribution in [3.63, 3.8) is 0 Å². The van der Waals surface area contributed by atoms with E-state index in [1.165, 1.54) is 4.90 Å². The maximum absolute atomic E-state index is 14.5. The minimum atomic E-state index is -0.402. The van der Waals surface area contributed by atoms with Crippen LogP contribution in [0.5, 0.6) is 0 Å². The predicted octanol–water partition coefficient (Wildman–Crippen LogP) is 8.66. The molecule has 6 nitrogen and oxygen atoms in total. The molecule has 7 aromatic rings. The quantitative estimate of drug-likeness (QED) is 0.192. The van der Waals surface area contributed by atoms with Gasteiger partial charge in [-0.25, -0.2) is 4.90 Å². The fourth-order valence-electron chi connectivity index (χ4n) is 6.62. The summed E-state index contributed by atoms with van der Waals surface area (Å²) < 4.78 is 2.03. The Morgan fingerprint density at radius 2 is 1.11 bits per heavy atom. The predicted molar refractivity (Wildman–Crippen MR) is 179 cm³/mol. The van der Waals surface area contributed by atoms with Gasteiger partial charge in [-0.05, 0) is 53.6 Å². The topological polar surface area (TPSA) is 89.9 Å². The summed E-state index contributed by atoms with van der Waals surface area (Å²) in [6, 6.07) is 45.8. The van der Waals surface area contributed by atoms with Crippen molar-refractivity contribution in [2.24, 2.45) is 0 Å². The minimum Gasteiger partial charge on any atom is -0.308 e. The molecule has 2 heterocycles. The molecule has 1 aliphatic heterocycles. The number of nitrogens with zero attached hydrogens (tertiary/aromatic N) is 4. The molecule has 0 saturated carbocycles. The van der Waals surface area contributed by atoms with E-state index in [9.17, 15) is 20.1 Å². The van der Waals surface area contributed by atoms with Crippen LogP contribution in [0.2, 0.25) is 0 Å². The van der Waals surface area contributed by atoms with Crippen molar-refractivity contribution in [2.75, 3.05) is 4.90 Å². The van der Waals surface area contributed by atoms with Gasteiger partial charge in [-0.1, -0.05) is 91.0 Å². The van der Waals surface area contributed by atoms with Gasteiger partial charge in [0.15, 0.2) is 0 Å². The maximum Gasteiger partial charge on any atom is 0.268 e. The minimum absolute atomic E-state index is 0.316. The van der Waals surface area contributed by atoms with Crippen LogP contribution in [0.3, 0.4) is 0 Å². The fourth-order valence-corrected chi connectivity index (χ4v) is 6.62. The first-order valence-electron chi connectivity index (χ1n) is 14.7. The number of fused-ring (bicyclic) bond motifs is 4. The number of hydrogen-bond acceptors (Lipinski definition) is 4. The van der Waals surface area contributed by atoms with Crippen LogP contribution < -0.4 is 4.90 Å². The van der Waals surface area contributed by atoms with Crippen LogP contribution in [0.1, 0.15) is 31.8 Å². The lowest BCUT2D eigenvalue weighted by Crippen LogP contribution is -2.30. The number of hydrogen-bond donors (Lipinski definition) is 0. The first-order valence-corrected chi connectivity index (χ1v) is 14.7. The van der Waals surface area contributed by atoms with E-state index in [1.807, 2.05) is 102 Å². The monoisotopic (exact) mass is 590 g/mol. The lowest BCUT2D eigenvalue weighted by atomic mass is 9.98. The van der Waals surface area contributed by atoms with E-state index in [0.29, 0.717) is 39.2 Å². The normalized spacial score (nSPS) is 12.3. The van der Waals surface area contributed by atoms with Gasteiger partial charge in [0.2, 0.25) is 0 Å². The van der Waals surface area contributed by atoms with Gasteiger partial charge < -0.3 is 4.57 Å². The molecule has 8 rings (SSSR count). The summed E-state index contributed by atoms with van der Waals surface area (Å²) in [6.45, 7) is 0. The van der Waals surface area contributed by atoms with Crippen molar-refractivity contribution >= 4 is 39.3 Å². The SMILES string of the molecule is N#Cc1cc(C#N)cc(-c2cccc3c4ccccc4n(-c4cccc5c4C(=O)N(c4ccccc4-c4ccccc4)C5=O)c23)c1. The third-order valence-electron chi connectivity index (χ3n) is 8.56. The summed E-state index contributed by atoms with van der Waals surface area (Å²) in [7, 11) is 0. The molecule has 0 aliphatic carbocycles. The molecule has 6 heteroatoms. The van der Waals surface area contributed by atoms with Gasteiger partial charge in [-0.3, -0.25) is 9.59 Å². The molecular formula is C40H22N4O2. The van der Waals surface area contributed by atoms with Crippen molar-refractivity contribution < 1.29 is 9.59 Å². The largest absolute Gasteiger partial charge is 0.308 e. The molecule has 0 N–H and O–H groups in total. The number of aromatic nitrogens is 1. The van der Waals surface area contributed by atoms with Crippen molar-refractivity contribution in [1.82, 2.24) is 4.57 Å². The molecule has 0 spiro atoms. The summed E-state index contributed by atoms with van der Waals surface area (Å²) in [5, 5.41) is 21.4. The van der Waals surface area contributed by atoms with E-state index in [2.05, 4.69) is 12.1 Å². The number of nitriles is 2. The third kappa shape index (κ3) is 3.95. The van der Waals surface area contributed by atoms with Crippen LogP contribution in [-0.2, 0) is 0 Å². The van der Waals surface area contributed by atoms with Gasteiger partial charge >= 0.3 is 0 Å². The maximum atomic E-state index is 14.5. The smallest absolute Gasteiger partial charge is 0.268 e. The third-order valence-corrected chi connectivity index (χ3v) is 8.56. The Labute approximate surface area is 264 Å². The highest BCUT2D eigenvalue weighted by Gasteiger charge is 2.40. The Balaban J connectivity index is 1.40. The van der Waals surface area contributed by atoms with Gasteiger partial charge in [-0.2, -0.15) is 10.5 Å². The first-order chi connectivity index (χ1) is 22.6. The van der Waals surface area contributed by atoms with Crippen molar-refractivity contribution in [2.45, 2.75) is 0 Å². The molecule has 46 heavy (non-hydrogen) atoms. The summed E-state index contributed by atoms with van der Waals surface area (Å²) in [4.78, 5) is 29.9. The second kappa shape index (κ2) is 10.4. The van der Waals surface area contributed by atoms with E-state index in [-0.39, 0.29) is 5.91 Å². The number of benzene rings is 6. The van der Waals surface area contributed by atoms with Crippen LogP contribution >= 0.6 is 0 Å². The van der Waals surface area contributed by atoms with Gasteiger partial charge in [0.05, 0.1) is 56.8 Å². The fraction of sp³-hybridized carbons (Fsp3) is 0. The standard InChI is InChI=1S/C40H22N4O2/c41-23-25-20-26(24-42)22-28(21-25)30-14-8-15-32-31-13-5-7-18-35(31)43(38(30)32)36-19-9-16-33-37(36)40(46)44(39(33)45)34-17-6-4-12-29(34)27-10-2-1-3-11-27/h1-22H. The van der Waals surface area contributed by atoms with Crippen LogP contribution in [0.15, 0.2) is 133 Å². The molecule has 214 valence electrons. The van der Waals surface area contributed by atoms with E-state index in [0.717, 1.165) is 38.5 Å². The molecule has 0 fully saturated rings. The average molecular weight is 591 g/mol. The molecule has 1 aliphatic rings. The Bertz CT molecular complexity index is 2460. The van der Waals surface area contributed by atoms with Crippen molar-refractivity contribution in [1.29, 1.82) is 10.5 Å². The average Bonchev–Trinajstić information content (AvgIpc) is 3.59. The number of imide groups is 1. The first kappa shape index (κ1) is 26.8. The van der Waals surface area contributed by atoms with E-state index < -0.39 is 5.91 Å². The van der Waals surface area contributed by atoms with Crippen LogP contribution in [0, 0.1) is 22.7 Å². The molecule has 0 radical (unpaired) electrons. The summed E-state index contributed by atoms with van der Waals surface area (Å²) >= 11 is 0. The van der Waals surface area contributed by atoms with Gasteiger partial charge in [0, 0.05) is 21.9 Å². The number of carbonyl (C=O) groups is 2. The number of para-hydroxylation sites is 3. The molecule has 6 aromatic carbocycles. The lowest BCUT2D eigenvalue weighted by Gasteiger charge is -2.19. The highest BCUT2D eigenvalue weighted by molar-refractivity contribution is 6.36. The summed E-state index contributed by atoms with van der Waals surface area (Å²) in [6.07, 6.45) is 0. The Morgan fingerprint density at radius 1 is 0.500 bits per heavy atom. The summed E-state index contributed by atoms with van der Waals surface area (Å²) in [5.74, 6) is -0.785. The Morgan fingerprint density at radius 3 is 1.89 bits per heavy atom. The van der Waals surface area contributed by atoms with Crippen molar-refractivity contribution in [3.05, 3.63) is 156 Å². The molecule has 0 bridgehead atoms. The van der Waals surface area contributed by atoms with E-state index in [1.54, 1.807) is 36.4 Å². The van der Waals surface area contributed by atoms with Gasteiger partial charge in [-0.15, -0.1) is 0 Å². The van der Waals surface area contributed by atoms with Crippen molar-refractivity contribution in [3.8, 4) is 40.1 Å². The zero-order chi connectivity index (χ0) is 31.4. The Kier molecular flexibility index (Phi) is 6.10. The number of rotatable bonds is 4. The molecule has 0 atom stereocenters. The highest BCUT2D eigenvalue weighted by Crippen LogP contribution is 2.42. The number of carbonyl (C=O) groups excluding carboxylic acids is 2. The van der Waals surface area contributed by atoms with Gasteiger partial charge in [0.1, 0.15) is 0 Å². The molecule has 0 saturated heterocycles. The molecule has 0 unspecified atom stereocenters. The van der Waals surface area contributed by atoms with E-state index in [4.69, 9.17) is 0 Å². The van der Waals surface area contributed by atoms with Crippen LogP contribution in [0.25, 0.3) is 49.7 Å². The zero-order valence-electron chi connectivity index (χ0n) is 24.3. The number of anilines is 1. The van der Waals surface area contributed by atoms with Crippen LogP contribution in [-0.4, -0.2) is 16.4 Å². The zero-order valence-corrected chi connectivity index (χ0v) is 24.3. The second-order valence-corrected chi connectivity index (χ2v) is 11.1. The highest BCUT2D eigenvalue weighted by atomic mass is 16.2.